The van der Waals surface area contributed by atoms with E-state index in [0.717, 1.165) is 24.6 Å². The Hall–Kier alpha value is -0.860. The third-order valence-electron chi connectivity index (χ3n) is 3.16. The Balaban J connectivity index is 0.00000264. The molecule has 2 aromatic rings. The molecule has 23 heavy (non-hydrogen) atoms. The Kier molecular flexibility index (Phi) is 9.50. The summed E-state index contributed by atoms with van der Waals surface area (Å²) in [7, 11) is 0. The first-order chi connectivity index (χ1) is 10.7. The lowest BCUT2D eigenvalue weighted by atomic mass is 10.1. The lowest BCUT2D eigenvalue weighted by molar-refractivity contribution is 0.709. The lowest BCUT2D eigenvalue weighted by Crippen LogP contribution is -2.39. The summed E-state index contributed by atoms with van der Waals surface area (Å²) in [6.07, 6.45) is 1.75. The summed E-state index contributed by atoms with van der Waals surface area (Å²) in [5.74, 6) is 1.28. The minimum atomic E-state index is 0. The van der Waals surface area contributed by atoms with Crippen molar-refractivity contribution >= 4 is 52.9 Å². The van der Waals surface area contributed by atoms with E-state index in [1.807, 2.05) is 6.07 Å². The van der Waals surface area contributed by atoms with Crippen molar-refractivity contribution in [3.05, 3.63) is 51.4 Å². The van der Waals surface area contributed by atoms with E-state index in [0.29, 0.717) is 17.6 Å². The second-order valence-electron chi connectivity index (χ2n) is 4.98. The van der Waals surface area contributed by atoms with E-state index >= 15 is 0 Å². The van der Waals surface area contributed by atoms with E-state index in [4.69, 9.17) is 11.6 Å². The molecule has 126 valence electrons. The molecular formula is C16H22ClIN4S. The first-order valence-corrected chi connectivity index (χ1v) is 8.60. The van der Waals surface area contributed by atoms with Crippen molar-refractivity contribution in [2.45, 2.75) is 26.3 Å². The number of hydrogen-bond acceptors (Lipinski definition) is 3. The molecular weight excluding hydrogens is 443 g/mol. The van der Waals surface area contributed by atoms with Gasteiger partial charge in [-0.15, -0.1) is 35.3 Å². The fourth-order valence-electron chi connectivity index (χ4n) is 1.93. The van der Waals surface area contributed by atoms with Crippen molar-refractivity contribution in [3.63, 3.8) is 0 Å². The lowest BCUT2D eigenvalue weighted by Gasteiger charge is -2.15. The van der Waals surface area contributed by atoms with Crippen LogP contribution in [0.5, 0.6) is 0 Å². The normalized spacial score (nSPS) is 12.4. The first kappa shape index (κ1) is 20.2. The van der Waals surface area contributed by atoms with Gasteiger partial charge in [-0.1, -0.05) is 30.7 Å². The van der Waals surface area contributed by atoms with E-state index < -0.39 is 0 Å². The summed E-state index contributed by atoms with van der Waals surface area (Å²) in [4.78, 5) is 10.0. The highest BCUT2D eigenvalue weighted by Crippen LogP contribution is 2.19. The van der Waals surface area contributed by atoms with Gasteiger partial charge in [-0.25, -0.2) is 9.98 Å². The van der Waals surface area contributed by atoms with Crippen molar-refractivity contribution < 1.29 is 0 Å². The molecule has 4 nitrogen and oxygen atoms in total. The third kappa shape index (κ3) is 7.05. The molecule has 1 unspecified atom stereocenters. The Morgan fingerprint density at radius 2 is 2.17 bits per heavy atom. The number of rotatable bonds is 6. The van der Waals surface area contributed by atoms with Crippen LogP contribution in [0.1, 0.15) is 30.2 Å². The Morgan fingerprint density at radius 1 is 1.35 bits per heavy atom. The number of halogens is 2. The van der Waals surface area contributed by atoms with E-state index in [9.17, 15) is 0 Å². The average molecular weight is 465 g/mol. The molecule has 0 radical (unpaired) electrons. The summed E-state index contributed by atoms with van der Waals surface area (Å²) in [6.45, 7) is 6.53. The molecule has 0 aromatic carbocycles. The van der Waals surface area contributed by atoms with Crippen LogP contribution >= 0.6 is 46.9 Å². The summed E-state index contributed by atoms with van der Waals surface area (Å²) >= 11 is 7.57. The van der Waals surface area contributed by atoms with Gasteiger partial charge in [-0.2, -0.15) is 0 Å². The van der Waals surface area contributed by atoms with Crippen LogP contribution in [0.15, 0.2) is 40.8 Å². The summed E-state index contributed by atoms with van der Waals surface area (Å²) < 4.78 is 0. The molecule has 2 rings (SSSR count). The third-order valence-corrected chi connectivity index (χ3v) is 4.48. The van der Waals surface area contributed by atoms with Crippen LogP contribution in [0.2, 0.25) is 5.15 Å². The Morgan fingerprint density at radius 3 is 2.78 bits per heavy atom. The van der Waals surface area contributed by atoms with Crippen molar-refractivity contribution in [2.75, 3.05) is 13.1 Å². The van der Waals surface area contributed by atoms with Crippen molar-refractivity contribution in [1.29, 1.82) is 0 Å². The fraction of sp³-hybridized carbons (Fsp3) is 0.375. The van der Waals surface area contributed by atoms with E-state index in [2.05, 4.69) is 52.0 Å². The van der Waals surface area contributed by atoms with E-state index in [1.54, 1.807) is 23.6 Å². The molecule has 0 saturated heterocycles. The molecule has 0 bridgehead atoms. The second kappa shape index (κ2) is 10.8. The molecule has 0 fully saturated rings. The van der Waals surface area contributed by atoms with Crippen LogP contribution in [-0.4, -0.2) is 24.0 Å². The number of guanidine groups is 1. The van der Waals surface area contributed by atoms with Gasteiger partial charge < -0.3 is 10.6 Å². The van der Waals surface area contributed by atoms with Crippen LogP contribution in [-0.2, 0) is 6.54 Å². The molecule has 0 amide bonds. The number of thiophene rings is 1. The Labute approximate surface area is 163 Å². The smallest absolute Gasteiger partial charge is 0.191 e. The zero-order chi connectivity index (χ0) is 15.8. The number of nitrogens with zero attached hydrogens (tertiary/aromatic N) is 2. The SMILES string of the molecule is CCNC(=NCc1ccc(Cl)nc1)NCC(C)c1cccs1.I. The van der Waals surface area contributed by atoms with E-state index in [1.165, 1.54) is 4.88 Å². The zero-order valence-corrected chi connectivity index (χ0v) is 17.2. The van der Waals surface area contributed by atoms with Gasteiger partial charge in [-0.3, -0.25) is 0 Å². The van der Waals surface area contributed by atoms with Gasteiger partial charge in [0.05, 0.1) is 6.54 Å². The maximum atomic E-state index is 5.79. The number of aliphatic imine (C=N–C) groups is 1. The number of aromatic nitrogens is 1. The highest BCUT2D eigenvalue weighted by molar-refractivity contribution is 14.0. The van der Waals surface area contributed by atoms with Crippen LogP contribution in [0, 0.1) is 0 Å². The fourth-order valence-corrected chi connectivity index (χ4v) is 2.83. The predicted molar refractivity (Wildman–Crippen MR) is 110 cm³/mol. The molecule has 1 atom stereocenters. The molecule has 0 aliphatic rings. The second-order valence-corrected chi connectivity index (χ2v) is 6.35. The molecule has 2 aromatic heterocycles. The van der Waals surface area contributed by atoms with Crippen LogP contribution in [0.25, 0.3) is 0 Å². The van der Waals surface area contributed by atoms with Gasteiger partial charge in [0.25, 0.3) is 0 Å². The largest absolute Gasteiger partial charge is 0.357 e. The van der Waals surface area contributed by atoms with Crippen LogP contribution < -0.4 is 10.6 Å². The van der Waals surface area contributed by atoms with Gasteiger partial charge >= 0.3 is 0 Å². The maximum Gasteiger partial charge on any atom is 0.191 e. The van der Waals surface area contributed by atoms with Gasteiger partial charge in [0.2, 0.25) is 0 Å². The van der Waals surface area contributed by atoms with E-state index in [-0.39, 0.29) is 24.0 Å². The number of hydrogen-bond donors (Lipinski definition) is 2. The van der Waals surface area contributed by atoms with Crippen molar-refractivity contribution in [2.24, 2.45) is 4.99 Å². The molecule has 0 spiro atoms. The van der Waals surface area contributed by atoms with Crippen molar-refractivity contribution in [3.8, 4) is 0 Å². The number of pyridine rings is 1. The van der Waals surface area contributed by atoms with Gasteiger partial charge in [0.15, 0.2) is 5.96 Å². The highest BCUT2D eigenvalue weighted by atomic mass is 127. The first-order valence-electron chi connectivity index (χ1n) is 7.35. The minimum Gasteiger partial charge on any atom is -0.357 e. The molecule has 2 heterocycles. The minimum absolute atomic E-state index is 0. The Bertz CT molecular complexity index is 587. The topological polar surface area (TPSA) is 49.3 Å². The molecule has 0 saturated carbocycles. The quantitative estimate of drug-likeness (QED) is 0.290. The predicted octanol–water partition coefficient (Wildman–Crippen LogP) is 4.27. The monoisotopic (exact) mass is 464 g/mol. The zero-order valence-electron chi connectivity index (χ0n) is 13.3. The van der Waals surface area contributed by atoms with Gasteiger partial charge in [0, 0.05) is 30.1 Å². The molecule has 2 N–H and O–H groups in total. The summed E-state index contributed by atoms with van der Waals surface area (Å²) in [6, 6.07) is 7.98. The molecule has 7 heteroatoms. The van der Waals surface area contributed by atoms with Crippen LogP contribution in [0.4, 0.5) is 0 Å². The maximum absolute atomic E-state index is 5.79. The highest BCUT2D eigenvalue weighted by Gasteiger charge is 2.07. The molecule has 0 aliphatic carbocycles. The summed E-state index contributed by atoms with van der Waals surface area (Å²) in [5, 5.41) is 9.26. The summed E-state index contributed by atoms with van der Waals surface area (Å²) in [5.41, 5.74) is 1.04. The van der Waals surface area contributed by atoms with Crippen LogP contribution in [0.3, 0.4) is 0 Å². The molecule has 0 aliphatic heterocycles. The average Bonchev–Trinajstić information content (AvgIpc) is 3.06. The van der Waals surface area contributed by atoms with Gasteiger partial charge in [0.1, 0.15) is 5.15 Å². The standard InChI is InChI=1S/C16H21ClN4S.HI/c1-3-18-16(20-9-12(2)14-5-4-8-22-14)21-11-13-6-7-15(17)19-10-13;/h4-8,10,12H,3,9,11H2,1-2H3,(H2,18,20,21);1H. The van der Waals surface area contributed by atoms with Crippen molar-refractivity contribution in [1.82, 2.24) is 15.6 Å². The van der Waals surface area contributed by atoms with Gasteiger partial charge in [-0.05, 0) is 30.0 Å². The number of nitrogens with one attached hydrogen (secondary N) is 2.